The molecule has 0 aromatic heterocycles. The summed E-state index contributed by atoms with van der Waals surface area (Å²) in [5.74, 6) is -0.290. The zero-order valence-electron chi connectivity index (χ0n) is 16.8. The highest BCUT2D eigenvalue weighted by Crippen LogP contribution is 2.29. The van der Waals surface area contributed by atoms with E-state index >= 15 is 0 Å². The lowest BCUT2D eigenvalue weighted by molar-refractivity contribution is -0.115. The van der Waals surface area contributed by atoms with Crippen molar-refractivity contribution in [2.45, 2.75) is 13.8 Å². The second-order valence-corrected chi connectivity index (χ2v) is 6.56. The predicted octanol–water partition coefficient (Wildman–Crippen LogP) is 6.19. The summed E-state index contributed by atoms with van der Waals surface area (Å²) in [5.41, 5.74) is 4.35. The summed E-state index contributed by atoms with van der Waals surface area (Å²) in [6, 6.07) is 22.4. The van der Waals surface area contributed by atoms with Crippen LogP contribution in [0, 0.1) is 0 Å². The minimum absolute atomic E-state index is 0.122. The summed E-state index contributed by atoms with van der Waals surface area (Å²) in [6.07, 6.45) is 3.85. The Balaban J connectivity index is 1.88. The van der Waals surface area contributed by atoms with Gasteiger partial charge in [0, 0.05) is 25.1 Å². The lowest BCUT2D eigenvalue weighted by Crippen LogP contribution is -2.06. The average molecular weight is 398 g/mol. The molecule has 0 heterocycles. The molecule has 3 aromatic carbocycles. The van der Waals surface area contributed by atoms with Gasteiger partial charge >= 0.3 is 0 Å². The Hall–Kier alpha value is -4.06. The number of carbonyl (C=O) groups excluding carboxylic acids is 2. The topological polar surface area (TPSA) is 82.9 Å². The van der Waals surface area contributed by atoms with E-state index in [1.54, 1.807) is 12.1 Å². The molecule has 0 unspecified atom stereocenters. The molecule has 0 radical (unpaired) electrons. The van der Waals surface area contributed by atoms with Crippen LogP contribution in [0.2, 0.25) is 0 Å². The average Bonchev–Trinajstić information content (AvgIpc) is 2.72. The van der Waals surface area contributed by atoms with Crippen LogP contribution < -0.4 is 10.6 Å². The van der Waals surface area contributed by atoms with Crippen LogP contribution in [0.3, 0.4) is 0 Å². The largest absolute Gasteiger partial charge is 0.326 e. The Bertz CT molecular complexity index is 1030. The number of anilines is 2. The van der Waals surface area contributed by atoms with Gasteiger partial charge in [0.1, 0.15) is 5.69 Å². The third-order valence-electron chi connectivity index (χ3n) is 4.13. The van der Waals surface area contributed by atoms with E-state index in [0.717, 1.165) is 16.8 Å². The zero-order chi connectivity index (χ0) is 21.3. The number of azo groups is 1. The third-order valence-corrected chi connectivity index (χ3v) is 4.13. The monoisotopic (exact) mass is 398 g/mol. The fourth-order valence-electron chi connectivity index (χ4n) is 2.81. The van der Waals surface area contributed by atoms with Crippen LogP contribution in [0.15, 0.2) is 83.0 Å². The Morgan fingerprint density at radius 1 is 0.633 bits per heavy atom. The molecular weight excluding hydrogens is 376 g/mol. The molecule has 150 valence electrons. The standard InChI is InChI=1S/C24H22N4O2/c1-17(29)25-21-11-5-3-9-19(21)15-16-20-10-4-6-12-22(20)27-28-24-14-8-7-13-23(24)26-18(2)30/h3-16H,1-2H3,(H,25,29)(H,26,30)/b16-15+,28-27?. The van der Waals surface area contributed by atoms with Crippen molar-refractivity contribution in [2.75, 3.05) is 10.6 Å². The maximum Gasteiger partial charge on any atom is 0.221 e. The molecule has 30 heavy (non-hydrogen) atoms. The summed E-state index contributed by atoms with van der Waals surface area (Å²) in [6.45, 7) is 2.93. The normalized spacial score (nSPS) is 11.0. The molecule has 6 heteroatoms. The molecule has 6 nitrogen and oxygen atoms in total. The van der Waals surface area contributed by atoms with Gasteiger partial charge in [-0.05, 0) is 29.8 Å². The SMILES string of the molecule is CC(=O)Nc1ccccc1/C=C/c1ccccc1N=Nc1ccccc1NC(C)=O. The zero-order valence-corrected chi connectivity index (χ0v) is 16.8. The molecule has 0 spiro atoms. The highest BCUT2D eigenvalue weighted by atomic mass is 16.2. The van der Waals surface area contributed by atoms with E-state index in [9.17, 15) is 9.59 Å². The summed E-state index contributed by atoms with van der Waals surface area (Å²) in [5, 5.41) is 14.3. The lowest BCUT2D eigenvalue weighted by Gasteiger charge is -2.06. The smallest absolute Gasteiger partial charge is 0.221 e. The Morgan fingerprint density at radius 3 is 1.80 bits per heavy atom. The van der Waals surface area contributed by atoms with Crippen molar-refractivity contribution in [1.29, 1.82) is 0 Å². The van der Waals surface area contributed by atoms with Crippen LogP contribution in [0.1, 0.15) is 25.0 Å². The van der Waals surface area contributed by atoms with Crippen molar-refractivity contribution >= 4 is 46.7 Å². The van der Waals surface area contributed by atoms with E-state index in [4.69, 9.17) is 0 Å². The van der Waals surface area contributed by atoms with E-state index in [2.05, 4.69) is 20.9 Å². The number of hydrogen-bond donors (Lipinski definition) is 2. The lowest BCUT2D eigenvalue weighted by atomic mass is 10.1. The number of para-hydroxylation sites is 2. The maximum atomic E-state index is 11.4. The fourth-order valence-corrected chi connectivity index (χ4v) is 2.81. The van der Waals surface area contributed by atoms with E-state index in [1.807, 2.05) is 72.8 Å². The molecule has 0 aliphatic heterocycles. The summed E-state index contributed by atoms with van der Waals surface area (Å²) in [7, 11) is 0. The third kappa shape index (κ3) is 5.72. The van der Waals surface area contributed by atoms with Crippen molar-refractivity contribution in [1.82, 2.24) is 0 Å². The number of rotatable bonds is 6. The van der Waals surface area contributed by atoms with Crippen LogP contribution in [-0.4, -0.2) is 11.8 Å². The number of benzene rings is 3. The Morgan fingerprint density at radius 2 is 1.10 bits per heavy atom. The summed E-state index contributed by atoms with van der Waals surface area (Å²) in [4.78, 5) is 22.8. The number of nitrogens with one attached hydrogen (secondary N) is 2. The van der Waals surface area contributed by atoms with Crippen LogP contribution >= 0.6 is 0 Å². The molecule has 0 saturated heterocycles. The molecule has 2 amide bonds. The van der Waals surface area contributed by atoms with E-state index < -0.39 is 0 Å². The first-order valence-electron chi connectivity index (χ1n) is 9.45. The summed E-state index contributed by atoms with van der Waals surface area (Å²) >= 11 is 0. The molecule has 3 rings (SSSR count). The summed E-state index contributed by atoms with van der Waals surface area (Å²) < 4.78 is 0. The van der Waals surface area contributed by atoms with Gasteiger partial charge in [-0.1, -0.05) is 60.7 Å². The first kappa shape index (κ1) is 20.7. The molecule has 0 atom stereocenters. The van der Waals surface area contributed by atoms with Gasteiger partial charge in [-0.25, -0.2) is 0 Å². The first-order valence-corrected chi connectivity index (χ1v) is 9.45. The van der Waals surface area contributed by atoms with Gasteiger partial charge < -0.3 is 10.6 Å². The van der Waals surface area contributed by atoms with Crippen LogP contribution in [0.4, 0.5) is 22.7 Å². The van der Waals surface area contributed by atoms with Gasteiger partial charge in [0.25, 0.3) is 0 Å². The molecule has 3 aromatic rings. The number of carbonyl (C=O) groups is 2. The predicted molar refractivity (Wildman–Crippen MR) is 121 cm³/mol. The van der Waals surface area contributed by atoms with Crippen molar-refractivity contribution < 1.29 is 9.59 Å². The van der Waals surface area contributed by atoms with Crippen LogP contribution in [0.25, 0.3) is 12.2 Å². The van der Waals surface area contributed by atoms with Gasteiger partial charge in [-0.2, -0.15) is 0 Å². The van der Waals surface area contributed by atoms with Crippen LogP contribution in [-0.2, 0) is 9.59 Å². The quantitative estimate of drug-likeness (QED) is 0.383. The first-order chi connectivity index (χ1) is 14.5. The fraction of sp³-hybridized carbons (Fsp3) is 0.0833. The highest BCUT2D eigenvalue weighted by Gasteiger charge is 2.04. The molecule has 0 saturated carbocycles. The van der Waals surface area contributed by atoms with E-state index in [-0.39, 0.29) is 11.8 Å². The van der Waals surface area contributed by atoms with Gasteiger partial charge in [-0.15, -0.1) is 10.2 Å². The molecule has 0 bridgehead atoms. The number of hydrogen-bond acceptors (Lipinski definition) is 4. The minimum atomic E-state index is -0.168. The Kier molecular flexibility index (Phi) is 6.84. The molecule has 0 aliphatic rings. The second-order valence-electron chi connectivity index (χ2n) is 6.56. The van der Waals surface area contributed by atoms with Gasteiger partial charge in [0.05, 0.1) is 11.4 Å². The Labute approximate surface area is 175 Å². The minimum Gasteiger partial charge on any atom is -0.326 e. The van der Waals surface area contributed by atoms with Crippen molar-refractivity contribution in [3.05, 3.63) is 83.9 Å². The highest BCUT2D eigenvalue weighted by molar-refractivity contribution is 5.93. The maximum absolute atomic E-state index is 11.4. The van der Waals surface area contributed by atoms with Gasteiger partial charge in [0.2, 0.25) is 11.8 Å². The molecule has 0 fully saturated rings. The van der Waals surface area contributed by atoms with Gasteiger partial charge in [-0.3, -0.25) is 9.59 Å². The van der Waals surface area contributed by atoms with Crippen molar-refractivity contribution in [3.63, 3.8) is 0 Å². The molecular formula is C24H22N4O2. The van der Waals surface area contributed by atoms with Crippen molar-refractivity contribution in [2.24, 2.45) is 10.2 Å². The van der Waals surface area contributed by atoms with E-state index in [1.165, 1.54) is 13.8 Å². The van der Waals surface area contributed by atoms with Crippen molar-refractivity contribution in [3.8, 4) is 0 Å². The molecule has 2 N–H and O–H groups in total. The van der Waals surface area contributed by atoms with Crippen LogP contribution in [0.5, 0.6) is 0 Å². The number of amides is 2. The van der Waals surface area contributed by atoms with E-state index in [0.29, 0.717) is 17.1 Å². The molecule has 0 aliphatic carbocycles. The number of nitrogens with zero attached hydrogens (tertiary/aromatic N) is 2. The van der Waals surface area contributed by atoms with Gasteiger partial charge in [0.15, 0.2) is 0 Å². The second kappa shape index (κ2) is 9.93.